The molecule has 74 valence electrons. The molecule has 0 aliphatic heterocycles. The molecule has 0 aliphatic rings. The van der Waals surface area contributed by atoms with Gasteiger partial charge in [-0.05, 0) is 31.0 Å². The Hall–Kier alpha value is -1.81. The summed E-state index contributed by atoms with van der Waals surface area (Å²) >= 11 is 0. The minimum absolute atomic E-state index is 0.782. The topological polar surface area (TPSA) is 12.9 Å². The zero-order valence-corrected chi connectivity index (χ0v) is 9.04. The van der Waals surface area contributed by atoms with Gasteiger partial charge in [0.25, 0.3) is 0 Å². The number of pyridine rings is 1. The third kappa shape index (κ3) is 1.85. The molecule has 15 heavy (non-hydrogen) atoms. The lowest BCUT2D eigenvalue weighted by Crippen LogP contribution is -1.89. The van der Waals surface area contributed by atoms with Crippen LogP contribution >= 0.6 is 0 Å². The van der Waals surface area contributed by atoms with Crippen molar-refractivity contribution in [2.75, 3.05) is 0 Å². The fourth-order valence-electron chi connectivity index (χ4n) is 1.70. The molecule has 1 aromatic heterocycles. The smallest absolute Gasteiger partial charge is 0.0746 e. The number of nitrogens with zero attached hydrogens (tertiary/aromatic N) is 1. The first-order valence-corrected chi connectivity index (χ1v) is 5.05. The minimum atomic E-state index is 0.782. The lowest BCUT2D eigenvalue weighted by molar-refractivity contribution is 1.28. The highest BCUT2D eigenvalue weighted by Crippen LogP contribution is 2.20. The molecule has 0 amide bonds. The lowest BCUT2D eigenvalue weighted by atomic mass is 10.0. The minimum Gasteiger partial charge on any atom is -0.256 e. The van der Waals surface area contributed by atoms with Gasteiger partial charge in [0.05, 0.1) is 5.52 Å². The zero-order chi connectivity index (χ0) is 10.7. The molecule has 1 heteroatoms. The van der Waals surface area contributed by atoms with Gasteiger partial charge in [0.15, 0.2) is 0 Å². The highest BCUT2D eigenvalue weighted by Gasteiger charge is 2.02. The maximum atomic E-state index is 4.43. The van der Waals surface area contributed by atoms with Gasteiger partial charge in [-0.1, -0.05) is 24.1 Å². The molecule has 0 N–H and O–H groups in total. The van der Waals surface area contributed by atoms with E-state index >= 15 is 0 Å². The average molecular weight is 195 g/mol. The Morgan fingerprint density at radius 2 is 2.13 bits per heavy atom. The number of aryl methyl sites for hydroxylation is 1. The van der Waals surface area contributed by atoms with Crippen LogP contribution < -0.4 is 0 Å². The molecular formula is C14H13N. The van der Waals surface area contributed by atoms with Crippen LogP contribution in [0.25, 0.3) is 10.9 Å². The van der Waals surface area contributed by atoms with Crippen molar-refractivity contribution >= 4 is 10.9 Å². The maximum Gasteiger partial charge on any atom is 0.0746 e. The third-order valence-electron chi connectivity index (χ3n) is 2.53. The summed E-state index contributed by atoms with van der Waals surface area (Å²) in [5.74, 6) is 6.00. The zero-order valence-electron chi connectivity index (χ0n) is 9.04. The summed E-state index contributed by atoms with van der Waals surface area (Å²) in [6, 6.07) is 8.34. The van der Waals surface area contributed by atoms with Gasteiger partial charge in [-0.3, -0.25) is 4.98 Å². The van der Waals surface area contributed by atoms with Crippen LogP contribution in [0.5, 0.6) is 0 Å². The lowest BCUT2D eigenvalue weighted by Gasteiger charge is -2.04. The van der Waals surface area contributed by atoms with E-state index in [1.807, 2.05) is 19.2 Å². The molecule has 0 unspecified atom stereocenters. The summed E-state index contributed by atoms with van der Waals surface area (Å²) in [6.45, 7) is 3.98. The second kappa shape index (κ2) is 4.14. The van der Waals surface area contributed by atoms with Crippen molar-refractivity contribution in [3.8, 4) is 11.8 Å². The number of hydrogen-bond acceptors (Lipinski definition) is 1. The normalized spacial score (nSPS) is 9.73. The Morgan fingerprint density at radius 3 is 2.93 bits per heavy atom. The van der Waals surface area contributed by atoms with Gasteiger partial charge in [-0.15, -0.1) is 5.92 Å². The summed E-state index contributed by atoms with van der Waals surface area (Å²) in [6.07, 6.45) is 2.62. The summed E-state index contributed by atoms with van der Waals surface area (Å²) in [4.78, 5) is 4.43. The SMILES string of the molecule is CC#CCc1ccc(C)c2cccnc12. The number of rotatable bonds is 1. The predicted octanol–water partition coefficient (Wildman–Crippen LogP) is 3.11. The monoisotopic (exact) mass is 195 g/mol. The van der Waals surface area contributed by atoms with Crippen molar-refractivity contribution in [1.29, 1.82) is 0 Å². The van der Waals surface area contributed by atoms with Crippen LogP contribution in [0, 0.1) is 18.8 Å². The van der Waals surface area contributed by atoms with E-state index in [1.165, 1.54) is 16.5 Å². The number of aromatic nitrogens is 1. The molecule has 0 spiro atoms. The van der Waals surface area contributed by atoms with E-state index in [1.54, 1.807) is 0 Å². The Morgan fingerprint density at radius 1 is 1.27 bits per heavy atom. The summed E-state index contributed by atoms with van der Waals surface area (Å²) in [7, 11) is 0. The van der Waals surface area contributed by atoms with E-state index in [4.69, 9.17) is 0 Å². The Balaban J connectivity index is 2.64. The van der Waals surface area contributed by atoms with E-state index in [0.717, 1.165) is 11.9 Å². The second-order valence-electron chi connectivity index (χ2n) is 3.54. The summed E-state index contributed by atoms with van der Waals surface area (Å²) in [5, 5.41) is 1.23. The molecule has 2 rings (SSSR count). The van der Waals surface area contributed by atoms with Gasteiger partial charge in [-0.25, -0.2) is 0 Å². The standard InChI is InChI=1S/C14H13N/c1-3-4-6-12-9-8-11(2)13-7-5-10-15-14(12)13/h5,7-10H,6H2,1-2H3. The summed E-state index contributed by atoms with van der Waals surface area (Å²) in [5.41, 5.74) is 3.57. The van der Waals surface area contributed by atoms with E-state index in [9.17, 15) is 0 Å². The molecule has 0 saturated heterocycles. The van der Waals surface area contributed by atoms with Crippen LogP contribution in [0.4, 0.5) is 0 Å². The highest BCUT2D eigenvalue weighted by atomic mass is 14.6. The molecular weight excluding hydrogens is 182 g/mol. The number of benzene rings is 1. The van der Waals surface area contributed by atoms with E-state index in [2.05, 4.69) is 41.9 Å². The molecule has 0 saturated carbocycles. The van der Waals surface area contributed by atoms with Crippen LogP contribution in [-0.4, -0.2) is 4.98 Å². The average Bonchev–Trinajstić information content (AvgIpc) is 2.29. The van der Waals surface area contributed by atoms with Crippen LogP contribution in [-0.2, 0) is 6.42 Å². The van der Waals surface area contributed by atoms with Crippen molar-refractivity contribution in [2.45, 2.75) is 20.3 Å². The van der Waals surface area contributed by atoms with E-state index in [-0.39, 0.29) is 0 Å². The molecule has 1 nitrogen and oxygen atoms in total. The number of hydrogen-bond donors (Lipinski definition) is 0. The van der Waals surface area contributed by atoms with Gasteiger partial charge in [0.2, 0.25) is 0 Å². The summed E-state index contributed by atoms with van der Waals surface area (Å²) < 4.78 is 0. The van der Waals surface area contributed by atoms with Crippen LogP contribution in [0.1, 0.15) is 18.1 Å². The quantitative estimate of drug-likeness (QED) is 0.637. The number of fused-ring (bicyclic) bond motifs is 1. The van der Waals surface area contributed by atoms with Gasteiger partial charge >= 0.3 is 0 Å². The predicted molar refractivity (Wildman–Crippen MR) is 63.6 cm³/mol. The molecule has 0 atom stereocenters. The third-order valence-corrected chi connectivity index (χ3v) is 2.53. The Bertz CT molecular complexity index is 544. The molecule has 0 bridgehead atoms. The van der Waals surface area contributed by atoms with Gasteiger partial charge < -0.3 is 0 Å². The molecule has 0 radical (unpaired) electrons. The highest BCUT2D eigenvalue weighted by molar-refractivity contribution is 5.85. The van der Waals surface area contributed by atoms with Crippen LogP contribution in [0.15, 0.2) is 30.5 Å². The maximum absolute atomic E-state index is 4.43. The van der Waals surface area contributed by atoms with Gasteiger partial charge in [0.1, 0.15) is 0 Å². The molecule has 1 aromatic carbocycles. The molecule has 1 heterocycles. The van der Waals surface area contributed by atoms with Crippen molar-refractivity contribution in [1.82, 2.24) is 4.98 Å². The fraction of sp³-hybridized carbons (Fsp3) is 0.214. The van der Waals surface area contributed by atoms with E-state index in [0.29, 0.717) is 0 Å². The second-order valence-corrected chi connectivity index (χ2v) is 3.54. The van der Waals surface area contributed by atoms with E-state index < -0.39 is 0 Å². The first-order valence-electron chi connectivity index (χ1n) is 5.05. The molecule has 0 fully saturated rings. The molecule has 0 aliphatic carbocycles. The fourth-order valence-corrected chi connectivity index (χ4v) is 1.70. The van der Waals surface area contributed by atoms with Crippen molar-refractivity contribution < 1.29 is 0 Å². The Labute approximate surface area is 90.2 Å². The van der Waals surface area contributed by atoms with Crippen molar-refractivity contribution in [3.63, 3.8) is 0 Å². The van der Waals surface area contributed by atoms with Crippen LogP contribution in [0.3, 0.4) is 0 Å². The first kappa shape index (κ1) is 9.73. The largest absolute Gasteiger partial charge is 0.256 e. The van der Waals surface area contributed by atoms with Gasteiger partial charge in [0, 0.05) is 18.0 Å². The van der Waals surface area contributed by atoms with Gasteiger partial charge in [-0.2, -0.15) is 0 Å². The van der Waals surface area contributed by atoms with Crippen molar-refractivity contribution in [3.05, 3.63) is 41.6 Å². The first-order chi connectivity index (χ1) is 7.33. The molecule has 2 aromatic rings. The van der Waals surface area contributed by atoms with Crippen molar-refractivity contribution in [2.24, 2.45) is 0 Å². The van der Waals surface area contributed by atoms with Crippen LogP contribution in [0.2, 0.25) is 0 Å². The Kier molecular flexibility index (Phi) is 2.69.